The van der Waals surface area contributed by atoms with Crippen LogP contribution < -0.4 is 5.32 Å². The molecule has 2 aromatic rings. The van der Waals surface area contributed by atoms with Crippen LogP contribution in [0.3, 0.4) is 0 Å². The zero-order chi connectivity index (χ0) is 17.3. The first-order valence-electron chi connectivity index (χ1n) is 7.20. The van der Waals surface area contributed by atoms with Crippen molar-refractivity contribution in [3.05, 3.63) is 59.2 Å². The van der Waals surface area contributed by atoms with Gasteiger partial charge in [-0.05, 0) is 29.8 Å². The van der Waals surface area contributed by atoms with Gasteiger partial charge in [-0.3, -0.25) is 4.98 Å². The first-order valence-corrected chi connectivity index (χ1v) is 7.20. The Morgan fingerprint density at radius 2 is 2.04 bits per heavy atom. The monoisotopic (exact) mass is 339 g/mol. The summed E-state index contributed by atoms with van der Waals surface area (Å²) in [7, 11) is 0. The number of anilines is 1. The maximum Gasteiger partial charge on any atom is 0.419 e. The molecule has 1 aromatic heterocycles. The number of aromatic nitrogens is 1. The largest absolute Gasteiger partial charge is 0.419 e. The van der Waals surface area contributed by atoms with Gasteiger partial charge in [0.15, 0.2) is 0 Å². The number of alkyl halides is 3. The topological polar surface area (TPSA) is 45.2 Å². The summed E-state index contributed by atoms with van der Waals surface area (Å²) < 4.78 is 51.1. The minimum absolute atomic E-state index is 0.0255. The van der Waals surface area contributed by atoms with Gasteiger partial charge in [0.25, 0.3) is 0 Å². The highest BCUT2D eigenvalue weighted by molar-refractivity contribution is 5.89. The Labute approximate surface area is 135 Å². The predicted molar refractivity (Wildman–Crippen MR) is 78.8 cm³/mol. The number of nitrogens with zero attached hydrogens (tertiary/aromatic N) is 2. The van der Waals surface area contributed by atoms with Gasteiger partial charge in [0.2, 0.25) is 0 Å². The molecule has 2 amide bonds. The van der Waals surface area contributed by atoms with E-state index in [9.17, 15) is 22.4 Å². The summed E-state index contributed by atoms with van der Waals surface area (Å²) >= 11 is 0. The van der Waals surface area contributed by atoms with Crippen molar-refractivity contribution in [2.24, 2.45) is 0 Å². The summed E-state index contributed by atoms with van der Waals surface area (Å²) in [6, 6.07) is 5.44. The zero-order valence-electron chi connectivity index (χ0n) is 12.4. The number of fused-ring (bicyclic) bond motifs is 1. The molecule has 2 heterocycles. The van der Waals surface area contributed by atoms with Gasteiger partial charge >= 0.3 is 12.2 Å². The number of amides is 2. The van der Waals surface area contributed by atoms with E-state index in [1.165, 1.54) is 4.90 Å². The van der Waals surface area contributed by atoms with Crippen LogP contribution in [-0.4, -0.2) is 22.5 Å². The third kappa shape index (κ3) is 3.32. The molecule has 0 saturated heterocycles. The molecule has 0 radical (unpaired) electrons. The first-order chi connectivity index (χ1) is 11.3. The maximum atomic E-state index is 13.5. The summed E-state index contributed by atoms with van der Waals surface area (Å²) in [4.78, 5) is 17.9. The van der Waals surface area contributed by atoms with Crippen LogP contribution in [0.25, 0.3) is 0 Å². The molecule has 0 spiro atoms. The number of hydrogen-bond donors (Lipinski definition) is 1. The molecule has 0 atom stereocenters. The lowest BCUT2D eigenvalue weighted by atomic mass is 10.1. The van der Waals surface area contributed by atoms with Crippen molar-refractivity contribution in [3.8, 4) is 0 Å². The van der Waals surface area contributed by atoms with E-state index in [0.717, 1.165) is 17.3 Å². The van der Waals surface area contributed by atoms with Gasteiger partial charge in [0, 0.05) is 37.1 Å². The molecule has 0 saturated carbocycles. The molecule has 1 aromatic carbocycles. The lowest BCUT2D eigenvalue weighted by Crippen LogP contribution is -2.39. The van der Waals surface area contributed by atoms with E-state index >= 15 is 0 Å². The fourth-order valence-electron chi connectivity index (χ4n) is 2.56. The Balaban J connectivity index is 1.71. The Hall–Kier alpha value is -2.64. The first kappa shape index (κ1) is 16.2. The average molecular weight is 339 g/mol. The van der Waals surface area contributed by atoms with Crippen molar-refractivity contribution >= 4 is 11.7 Å². The molecule has 24 heavy (non-hydrogen) atoms. The van der Waals surface area contributed by atoms with Crippen LogP contribution in [0.15, 0.2) is 36.5 Å². The van der Waals surface area contributed by atoms with Gasteiger partial charge < -0.3 is 10.2 Å². The SMILES string of the molecule is O=C(Nc1ccc(C(F)(F)F)c(F)c1)N1CCc2ncccc2C1. The van der Waals surface area contributed by atoms with Gasteiger partial charge in [-0.25, -0.2) is 9.18 Å². The van der Waals surface area contributed by atoms with Crippen molar-refractivity contribution in [3.63, 3.8) is 0 Å². The number of hydrogen-bond acceptors (Lipinski definition) is 2. The second-order valence-electron chi connectivity index (χ2n) is 5.40. The Morgan fingerprint density at radius 3 is 2.75 bits per heavy atom. The summed E-state index contributed by atoms with van der Waals surface area (Å²) in [5.41, 5.74) is 0.445. The third-order valence-corrected chi connectivity index (χ3v) is 3.78. The molecule has 126 valence electrons. The van der Waals surface area contributed by atoms with E-state index < -0.39 is 23.6 Å². The van der Waals surface area contributed by atoms with Crippen LogP contribution >= 0.6 is 0 Å². The Bertz CT molecular complexity index is 776. The van der Waals surface area contributed by atoms with E-state index in [-0.39, 0.29) is 5.69 Å². The molecule has 1 aliphatic heterocycles. The van der Waals surface area contributed by atoms with Crippen LogP contribution in [0, 0.1) is 5.82 Å². The second kappa shape index (κ2) is 6.10. The summed E-state index contributed by atoms with van der Waals surface area (Å²) in [5.74, 6) is -1.42. The number of pyridine rings is 1. The lowest BCUT2D eigenvalue weighted by molar-refractivity contribution is -0.139. The molecule has 0 bridgehead atoms. The van der Waals surface area contributed by atoms with Crippen molar-refractivity contribution in [2.45, 2.75) is 19.1 Å². The van der Waals surface area contributed by atoms with Crippen molar-refractivity contribution in [1.29, 1.82) is 0 Å². The van der Waals surface area contributed by atoms with Crippen molar-refractivity contribution in [1.82, 2.24) is 9.88 Å². The molecular formula is C16H13F4N3O. The van der Waals surface area contributed by atoms with Crippen LogP contribution in [0.4, 0.5) is 28.0 Å². The Kier molecular flexibility index (Phi) is 4.13. The maximum absolute atomic E-state index is 13.5. The molecule has 8 heteroatoms. The van der Waals surface area contributed by atoms with Crippen molar-refractivity contribution in [2.75, 3.05) is 11.9 Å². The van der Waals surface area contributed by atoms with E-state index in [1.54, 1.807) is 12.3 Å². The summed E-state index contributed by atoms with van der Waals surface area (Å²) in [5, 5.41) is 2.42. The fraction of sp³-hybridized carbons (Fsp3) is 0.250. The molecule has 0 aliphatic carbocycles. The average Bonchev–Trinajstić information content (AvgIpc) is 2.53. The second-order valence-corrected chi connectivity index (χ2v) is 5.40. The number of halogens is 4. The highest BCUT2D eigenvalue weighted by Crippen LogP contribution is 2.32. The normalized spacial score (nSPS) is 14.2. The van der Waals surface area contributed by atoms with E-state index in [4.69, 9.17) is 0 Å². The predicted octanol–water partition coefficient (Wildman–Crippen LogP) is 3.83. The van der Waals surface area contributed by atoms with Gasteiger partial charge in [0.1, 0.15) is 5.82 Å². The van der Waals surface area contributed by atoms with Crippen LogP contribution in [0.2, 0.25) is 0 Å². The molecular weight excluding hydrogens is 326 g/mol. The van der Waals surface area contributed by atoms with Gasteiger partial charge in [0.05, 0.1) is 5.56 Å². The molecule has 3 rings (SSSR count). The molecule has 1 aliphatic rings. The summed E-state index contributed by atoms with van der Waals surface area (Å²) in [6.45, 7) is 0.775. The number of benzene rings is 1. The smallest absolute Gasteiger partial charge is 0.320 e. The van der Waals surface area contributed by atoms with Crippen molar-refractivity contribution < 1.29 is 22.4 Å². The number of carbonyl (C=O) groups is 1. The molecule has 4 nitrogen and oxygen atoms in total. The third-order valence-electron chi connectivity index (χ3n) is 3.78. The van der Waals surface area contributed by atoms with Crippen LogP contribution in [0.1, 0.15) is 16.8 Å². The summed E-state index contributed by atoms with van der Waals surface area (Å²) in [6.07, 6.45) is -2.50. The zero-order valence-corrected chi connectivity index (χ0v) is 12.4. The highest BCUT2D eigenvalue weighted by atomic mass is 19.4. The lowest BCUT2D eigenvalue weighted by Gasteiger charge is -2.28. The van der Waals surface area contributed by atoms with Gasteiger partial charge in [-0.2, -0.15) is 13.2 Å². The van der Waals surface area contributed by atoms with E-state index in [0.29, 0.717) is 31.6 Å². The van der Waals surface area contributed by atoms with Gasteiger partial charge in [-0.1, -0.05) is 6.07 Å². The minimum atomic E-state index is -4.77. The fourth-order valence-corrected chi connectivity index (χ4v) is 2.56. The number of carbonyl (C=O) groups excluding carboxylic acids is 1. The highest BCUT2D eigenvalue weighted by Gasteiger charge is 2.34. The van der Waals surface area contributed by atoms with E-state index in [2.05, 4.69) is 10.3 Å². The standard InChI is InChI=1S/C16H13F4N3O/c17-13-8-11(3-4-12(13)16(18,19)20)22-15(24)23-7-5-14-10(9-23)2-1-6-21-14/h1-4,6,8H,5,7,9H2,(H,22,24). The number of urea groups is 1. The minimum Gasteiger partial charge on any atom is -0.320 e. The molecule has 0 fully saturated rings. The van der Waals surface area contributed by atoms with Gasteiger partial charge in [-0.15, -0.1) is 0 Å². The molecule has 1 N–H and O–H groups in total. The van der Waals surface area contributed by atoms with Crippen LogP contribution in [0.5, 0.6) is 0 Å². The number of nitrogens with one attached hydrogen (secondary N) is 1. The number of rotatable bonds is 1. The van der Waals surface area contributed by atoms with Crippen LogP contribution in [-0.2, 0) is 19.1 Å². The van der Waals surface area contributed by atoms with E-state index in [1.807, 2.05) is 6.07 Å². The Morgan fingerprint density at radius 1 is 1.25 bits per heavy atom. The molecule has 0 unspecified atom stereocenters. The quantitative estimate of drug-likeness (QED) is 0.803.